The Labute approximate surface area is 93.6 Å². The highest BCUT2D eigenvalue weighted by Gasteiger charge is 2.13. The first kappa shape index (κ1) is 12.0. The van der Waals surface area contributed by atoms with Crippen molar-refractivity contribution in [1.29, 1.82) is 0 Å². The second-order valence-electron chi connectivity index (χ2n) is 3.30. The predicted molar refractivity (Wildman–Crippen MR) is 59.9 cm³/mol. The fraction of sp³-hybridized carbons (Fsp3) is 0.273. The first-order valence-electron chi connectivity index (χ1n) is 4.76. The number of anilines is 1. The Balaban J connectivity index is 2.77. The van der Waals surface area contributed by atoms with Crippen LogP contribution in [0, 0.1) is 6.92 Å². The molecule has 0 fully saturated rings. The molecule has 0 atom stereocenters. The average Bonchev–Trinajstić information content (AvgIpc) is 2.25. The Morgan fingerprint density at radius 1 is 1.44 bits per heavy atom. The van der Waals surface area contributed by atoms with Gasteiger partial charge in [-0.05, 0) is 18.6 Å². The number of benzene rings is 1. The van der Waals surface area contributed by atoms with Crippen LogP contribution in [0.15, 0.2) is 18.2 Å². The van der Waals surface area contributed by atoms with Gasteiger partial charge in [-0.25, -0.2) is 0 Å². The van der Waals surface area contributed by atoms with Crippen molar-refractivity contribution in [3.63, 3.8) is 0 Å². The molecule has 86 valence electrons. The van der Waals surface area contributed by atoms with Gasteiger partial charge in [-0.3, -0.25) is 9.59 Å². The highest BCUT2D eigenvalue weighted by Crippen LogP contribution is 2.15. The summed E-state index contributed by atoms with van der Waals surface area (Å²) in [4.78, 5) is 22.6. The Bertz CT molecular complexity index is 395. The van der Waals surface area contributed by atoms with Gasteiger partial charge >= 0.3 is 5.97 Å². The summed E-state index contributed by atoms with van der Waals surface area (Å²) in [5.41, 5.74) is 7.24. The lowest BCUT2D eigenvalue weighted by molar-refractivity contribution is -0.139. The number of carbonyl (C=O) groups is 2. The molecule has 0 aromatic heterocycles. The fourth-order valence-corrected chi connectivity index (χ4v) is 1.31. The van der Waals surface area contributed by atoms with Crippen LogP contribution < -0.4 is 11.1 Å². The van der Waals surface area contributed by atoms with Crippen LogP contribution in [0.5, 0.6) is 0 Å². The van der Waals surface area contributed by atoms with Crippen molar-refractivity contribution in [1.82, 2.24) is 5.32 Å². The zero-order valence-corrected chi connectivity index (χ0v) is 9.24. The van der Waals surface area contributed by atoms with Crippen molar-refractivity contribution in [2.75, 3.05) is 19.4 Å². The van der Waals surface area contributed by atoms with E-state index in [1.807, 2.05) is 0 Å². The maximum absolute atomic E-state index is 11.7. The highest BCUT2D eigenvalue weighted by atomic mass is 16.5. The minimum absolute atomic E-state index is 0.164. The maximum atomic E-state index is 11.7. The highest BCUT2D eigenvalue weighted by molar-refractivity contribution is 6.01. The lowest BCUT2D eigenvalue weighted by atomic mass is 10.1. The molecular weight excluding hydrogens is 208 g/mol. The van der Waals surface area contributed by atoms with Crippen LogP contribution in [0.4, 0.5) is 5.69 Å². The lowest BCUT2D eigenvalue weighted by Gasteiger charge is -2.09. The van der Waals surface area contributed by atoms with Gasteiger partial charge in [0.15, 0.2) is 0 Å². The van der Waals surface area contributed by atoms with E-state index in [1.54, 1.807) is 25.1 Å². The quantitative estimate of drug-likeness (QED) is 0.575. The van der Waals surface area contributed by atoms with Crippen molar-refractivity contribution >= 4 is 17.6 Å². The molecule has 0 aliphatic rings. The second-order valence-corrected chi connectivity index (χ2v) is 3.30. The minimum Gasteiger partial charge on any atom is -0.468 e. The summed E-state index contributed by atoms with van der Waals surface area (Å²) in [5.74, 6) is -0.874. The summed E-state index contributed by atoms with van der Waals surface area (Å²) < 4.78 is 4.41. The van der Waals surface area contributed by atoms with Crippen molar-refractivity contribution in [3.05, 3.63) is 29.3 Å². The molecule has 5 heteroatoms. The van der Waals surface area contributed by atoms with Gasteiger partial charge in [-0.15, -0.1) is 0 Å². The Kier molecular flexibility index (Phi) is 3.88. The van der Waals surface area contributed by atoms with E-state index in [0.29, 0.717) is 11.3 Å². The molecule has 16 heavy (non-hydrogen) atoms. The first-order valence-corrected chi connectivity index (χ1v) is 4.76. The van der Waals surface area contributed by atoms with Crippen LogP contribution in [-0.2, 0) is 9.53 Å². The number of esters is 1. The molecule has 0 saturated carbocycles. The van der Waals surface area contributed by atoms with Crippen molar-refractivity contribution in [3.8, 4) is 0 Å². The van der Waals surface area contributed by atoms with Gasteiger partial charge in [-0.1, -0.05) is 12.1 Å². The average molecular weight is 222 g/mol. The minimum atomic E-state index is -0.500. The monoisotopic (exact) mass is 222 g/mol. The largest absolute Gasteiger partial charge is 0.468 e. The summed E-state index contributed by atoms with van der Waals surface area (Å²) in [5, 5.41) is 2.44. The van der Waals surface area contributed by atoms with E-state index in [0.717, 1.165) is 5.56 Å². The number of hydrogen-bond acceptors (Lipinski definition) is 4. The van der Waals surface area contributed by atoms with Crippen LogP contribution >= 0.6 is 0 Å². The van der Waals surface area contributed by atoms with Crippen LogP contribution in [0.25, 0.3) is 0 Å². The summed E-state index contributed by atoms with van der Waals surface area (Å²) in [6, 6.07) is 5.19. The number of aryl methyl sites for hydroxylation is 1. The van der Waals surface area contributed by atoms with E-state index in [2.05, 4.69) is 10.1 Å². The molecule has 0 radical (unpaired) electrons. The second kappa shape index (κ2) is 5.16. The number of nitrogens with two attached hydrogens (primary N) is 1. The first-order chi connectivity index (χ1) is 7.56. The third kappa shape index (κ3) is 2.73. The number of hydrogen-bond donors (Lipinski definition) is 2. The van der Waals surface area contributed by atoms with Crippen LogP contribution in [0.2, 0.25) is 0 Å². The predicted octanol–water partition coefficient (Wildman–Crippen LogP) is 0.480. The molecule has 1 amide bonds. The molecule has 1 aromatic carbocycles. The van der Waals surface area contributed by atoms with Gasteiger partial charge in [0.2, 0.25) is 0 Å². The molecule has 3 N–H and O–H groups in total. The van der Waals surface area contributed by atoms with Gasteiger partial charge in [0.25, 0.3) is 5.91 Å². The molecule has 5 nitrogen and oxygen atoms in total. The smallest absolute Gasteiger partial charge is 0.325 e. The van der Waals surface area contributed by atoms with E-state index in [1.165, 1.54) is 7.11 Å². The molecule has 0 bridgehead atoms. The fourth-order valence-electron chi connectivity index (χ4n) is 1.31. The molecule has 0 spiro atoms. The molecule has 0 aliphatic carbocycles. The SMILES string of the molecule is COC(=O)CNC(=O)c1c(C)cccc1N. The Hall–Kier alpha value is -2.04. The number of rotatable bonds is 3. The van der Waals surface area contributed by atoms with Gasteiger partial charge < -0.3 is 15.8 Å². The van der Waals surface area contributed by atoms with Gasteiger partial charge in [0.1, 0.15) is 6.54 Å². The van der Waals surface area contributed by atoms with E-state index >= 15 is 0 Å². The molecule has 1 aromatic rings. The normalized spacial score (nSPS) is 9.62. The van der Waals surface area contributed by atoms with Gasteiger partial charge in [0, 0.05) is 5.69 Å². The van der Waals surface area contributed by atoms with Gasteiger partial charge in [0.05, 0.1) is 12.7 Å². The van der Waals surface area contributed by atoms with Crippen molar-refractivity contribution in [2.45, 2.75) is 6.92 Å². The molecule has 0 unspecified atom stereocenters. The molecule has 0 saturated heterocycles. The molecule has 0 aliphatic heterocycles. The van der Waals surface area contributed by atoms with Gasteiger partial charge in [-0.2, -0.15) is 0 Å². The van der Waals surface area contributed by atoms with E-state index in [4.69, 9.17) is 5.73 Å². The van der Waals surface area contributed by atoms with Crippen LogP contribution in [0.1, 0.15) is 15.9 Å². The number of nitrogen functional groups attached to an aromatic ring is 1. The maximum Gasteiger partial charge on any atom is 0.325 e. The number of ether oxygens (including phenoxy) is 1. The standard InChI is InChI=1S/C11H14N2O3/c1-7-4-3-5-8(12)10(7)11(15)13-6-9(14)16-2/h3-5H,6,12H2,1-2H3,(H,13,15). The molecular formula is C11H14N2O3. The van der Waals surface area contributed by atoms with E-state index < -0.39 is 5.97 Å². The van der Waals surface area contributed by atoms with Crippen LogP contribution in [0.3, 0.4) is 0 Å². The zero-order valence-electron chi connectivity index (χ0n) is 9.24. The molecule has 0 heterocycles. The van der Waals surface area contributed by atoms with E-state index in [-0.39, 0.29) is 12.5 Å². The summed E-state index contributed by atoms with van der Waals surface area (Å²) in [6.45, 7) is 1.62. The number of methoxy groups -OCH3 is 1. The third-order valence-electron chi connectivity index (χ3n) is 2.15. The van der Waals surface area contributed by atoms with E-state index in [9.17, 15) is 9.59 Å². The van der Waals surface area contributed by atoms with Crippen LogP contribution in [-0.4, -0.2) is 25.5 Å². The topological polar surface area (TPSA) is 81.4 Å². The number of amides is 1. The summed E-state index contributed by atoms with van der Waals surface area (Å²) in [7, 11) is 1.26. The third-order valence-corrected chi connectivity index (χ3v) is 2.15. The zero-order chi connectivity index (χ0) is 12.1. The number of nitrogens with one attached hydrogen (secondary N) is 1. The Morgan fingerprint density at radius 3 is 2.69 bits per heavy atom. The lowest BCUT2D eigenvalue weighted by Crippen LogP contribution is -2.31. The van der Waals surface area contributed by atoms with Crippen molar-refractivity contribution in [2.24, 2.45) is 0 Å². The molecule has 1 rings (SSSR count). The number of carbonyl (C=O) groups excluding carboxylic acids is 2. The Morgan fingerprint density at radius 2 is 2.12 bits per heavy atom. The summed E-state index contributed by atoms with van der Waals surface area (Å²) in [6.07, 6.45) is 0. The van der Waals surface area contributed by atoms with Crippen molar-refractivity contribution < 1.29 is 14.3 Å². The summed E-state index contributed by atoms with van der Waals surface area (Å²) >= 11 is 0.